The second kappa shape index (κ2) is 5.95. The van der Waals surface area contributed by atoms with E-state index in [-0.39, 0.29) is 6.04 Å². The van der Waals surface area contributed by atoms with E-state index < -0.39 is 11.7 Å². The predicted octanol–water partition coefficient (Wildman–Crippen LogP) is 1.78. The highest BCUT2D eigenvalue weighted by atomic mass is 32.1. The Morgan fingerprint density at radius 1 is 1.65 bits per heavy atom. The number of hydrogen-bond acceptors (Lipinski definition) is 4. The van der Waals surface area contributed by atoms with Crippen molar-refractivity contribution in [3.63, 3.8) is 0 Å². The lowest BCUT2D eigenvalue weighted by molar-refractivity contribution is 0.0509. The van der Waals surface area contributed by atoms with Gasteiger partial charge in [0.15, 0.2) is 0 Å². The van der Waals surface area contributed by atoms with Crippen LogP contribution in [0.4, 0.5) is 4.79 Å². The number of amides is 1. The third-order valence-corrected chi connectivity index (χ3v) is 2.40. The molecule has 96 valence electrons. The summed E-state index contributed by atoms with van der Waals surface area (Å²) in [7, 11) is 0. The normalized spacial score (nSPS) is 13.2. The van der Waals surface area contributed by atoms with Crippen molar-refractivity contribution in [2.45, 2.75) is 38.8 Å². The van der Waals surface area contributed by atoms with Gasteiger partial charge in [-0.15, -0.1) is 0 Å². The van der Waals surface area contributed by atoms with Crippen LogP contribution in [0.5, 0.6) is 0 Å². The number of nitrogens with zero attached hydrogens (tertiary/aromatic N) is 1. The molecule has 0 aromatic carbocycles. The monoisotopic (exact) mass is 257 g/mol. The molecule has 0 unspecified atom stereocenters. The second-order valence-corrected chi connectivity index (χ2v) is 5.17. The first-order valence-electron chi connectivity index (χ1n) is 5.48. The average molecular weight is 257 g/mol. The number of ether oxygens (including phenoxy) is 1. The van der Waals surface area contributed by atoms with Gasteiger partial charge in [-0.25, -0.2) is 9.78 Å². The van der Waals surface area contributed by atoms with Crippen molar-refractivity contribution in [2.75, 3.05) is 5.75 Å². The smallest absolute Gasteiger partial charge is 0.407 e. The van der Waals surface area contributed by atoms with E-state index in [9.17, 15) is 4.79 Å². The molecule has 1 atom stereocenters. The fraction of sp³-hybridized carbons (Fsp3) is 0.636. The summed E-state index contributed by atoms with van der Waals surface area (Å²) in [6.07, 6.45) is 3.57. The lowest BCUT2D eigenvalue weighted by Gasteiger charge is -2.22. The number of hydrogen-bond donors (Lipinski definition) is 3. The minimum absolute atomic E-state index is 0.0753. The number of carbonyl (C=O) groups is 1. The summed E-state index contributed by atoms with van der Waals surface area (Å²) in [6, 6.07) is -0.0753. The van der Waals surface area contributed by atoms with Gasteiger partial charge >= 0.3 is 6.09 Å². The van der Waals surface area contributed by atoms with Gasteiger partial charge in [-0.05, 0) is 20.8 Å². The van der Waals surface area contributed by atoms with Crippen LogP contribution in [0.3, 0.4) is 0 Å². The zero-order valence-corrected chi connectivity index (χ0v) is 11.3. The molecule has 0 aliphatic heterocycles. The van der Waals surface area contributed by atoms with Crippen LogP contribution in [0, 0.1) is 0 Å². The van der Waals surface area contributed by atoms with Gasteiger partial charge < -0.3 is 15.0 Å². The molecule has 0 radical (unpaired) electrons. The number of rotatable bonds is 4. The summed E-state index contributed by atoms with van der Waals surface area (Å²) in [5.41, 5.74) is 0.472. The molecule has 1 aromatic rings. The molecule has 0 bridgehead atoms. The van der Waals surface area contributed by atoms with E-state index in [1.54, 1.807) is 12.5 Å². The highest BCUT2D eigenvalue weighted by Crippen LogP contribution is 2.08. The van der Waals surface area contributed by atoms with Gasteiger partial charge in [-0.2, -0.15) is 12.6 Å². The first-order chi connectivity index (χ1) is 7.90. The van der Waals surface area contributed by atoms with E-state index in [2.05, 4.69) is 27.9 Å². The Morgan fingerprint density at radius 3 is 2.82 bits per heavy atom. The van der Waals surface area contributed by atoms with Crippen molar-refractivity contribution in [2.24, 2.45) is 0 Å². The van der Waals surface area contributed by atoms with Gasteiger partial charge in [0, 0.05) is 30.1 Å². The molecule has 0 aliphatic carbocycles. The van der Waals surface area contributed by atoms with E-state index in [0.29, 0.717) is 12.2 Å². The second-order valence-electron chi connectivity index (χ2n) is 4.81. The van der Waals surface area contributed by atoms with Gasteiger partial charge in [0.05, 0.1) is 6.33 Å². The Bertz CT molecular complexity index is 346. The highest BCUT2D eigenvalue weighted by molar-refractivity contribution is 7.80. The Hall–Kier alpha value is -1.17. The van der Waals surface area contributed by atoms with E-state index in [0.717, 1.165) is 5.69 Å². The number of nitrogens with one attached hydrogen (secondary N) is 2. The molecule has 0 saturated carbocycles. The maximum Gasteiger partial charge on any atom is 0.407 e. The Morgan fingerprint density at radius 2 is 2.35 bits per heavy atom. The van der Waals surface area contributed by atoms with Crippen LogP contribution in [0.2, 0.25) is 0 Å². The van der Waals surface area contributed by atoms with Crippen molar-refractivity contribution < 1.29 is 9.53 Å². The van der Waals surface area contributed by atoms with Crippen molar-refractivity contribution >= 4 is 18.7 Å². The molecule has 1 rings (SSSR count). The van der Waals surface area contributed by atoms with Crippen LogP contribution in [0.15, 0.2) is 12.5 Å². The number of carbonyl (C=O) groups excluding carboxylic acids is 1. The number of aromatic nitrogens is 2. The molecular weight excluding hydrogens is 238 g/mol. The summed E-state index contributed by atoms with van der Waals surface area (Å²) < 4.78 is 5.18. The van der Waals surface area contributed by atoms with E-state index in [1.807, 2.05) is 20.8 Å². The zero-order chi connectivity index (χ0) is 12.9. The number of imidazole rings is 1. The fourth-order valence-corrected chi connectivity index (χ4v) is 1.52. The number of aromatic amines is 1. The van der Waals surface area contributed by atoms with Crippen LogP contribution in [0.1, 0.15) is 26.5 Å². The molecule has 1 amide bonds. The van der Waals surface area contributed by atoms with Crippen molar-refractivity contribution in [3.8, 4) is 0 Å². The molecule has 17 heavy (non-hydrogen) atoms. The molecule has 5 nitrogen and oxygen atoms in total. The van der Waals surface area contributed by atoms with Gasteiger partial charge in [-0.1, -0.05) is 0 Å². The number of alkyl carbamates (subject to hydrolysis) is 1. The van der Waals surface area contributed by atoms with Gasteiger partial charge in [-0.3, -0.25) is 0 Å². The average Bonchev–Trinajstić information content (AvgIpc) is 2.66. The predicted molar refractivity (Wildman–Crippen MR) is 69.3 cm³/mol. The topological polar surface area (TPSA) is 67.0 Å². The minimum Gasteiger partial charge on any atom is -0.444 e. The standard InChI is InChI=1S/C11H19N3O2S/c1-11(2,3)16-10(15)14-9(6-17)4-8-5-12-7-13-8/h5,7,9,17H,4,6H2,1-3H3,(H,12,13)(H,14,15)/t9-/m0/s1. The van der Waals surface area contributed by atoms with Crippen LogP contribution in [-0.4, -0.2) is 33.5 Å². The molecule has 6 heteroatoms. The lowest BCUT2D eigenvalue weighted by atomic mass is 10.2. The Balaban J connectivity index is 2.44. The van der Waals surface area contributed by atoms with Crippen LogP contribution >= 0.6 is 12.6 Å². The third-order valence-electron chi connectivity index (χ3n) is 1.96. The van der Waals surface area contributed by atoms with Crippen molar-refractivity contribution in [1.82, 2.24) is 15.3 Å². The Kier molecular flexibility index (Phi) is 4.86. The summed E-state index contributed by atoms with van der Waals surface area (Å²) >= 11 is 4.21. The summed E-state index contributed by atoms with van der Waals surface area (Å²) in [6.45, 7) is 5.49. The van der Waals surface area contributed by atoms with Gasteiger partial charge in [0.2, 0.25) is 0 Å². The molecular formula is C11H19N3O2S. The SMILES string of the molecule is CC(C)(C)OC(=O)N[C@H](CS)Cc1cnc[nH]1. The molecule has 1 aromatic heterocycles. The maximum atomic E-state index is 11.6. The van der Waals surface area contributed by atoms with Gasteiger partial charge in [0.1, 0.15) is 5.60 Å². The molecule has 0 fully saturated rings. The molecule has 0 spiro atoms. The fourth-order valence-electron chi connectivity index (χ4n) is 1.30. The lowest BCUT2D eigenvalue weighted by Crippen LogP contribution is -2.41. The highest BCUT2D eigenvalue weighted by Gasteiger charge is 2.19. The van der Waals surface area contributed by atoms with E-state index >= 15 is 0 Å². The molecule has 1 heterocycles. The van der Waals surface area contributed by atoms with Crippen LogP contribution < -0.4 is 5.32 Å². The van der Waals surface area contributed by atoms with E-state index in [4.69, 9.17) is 4.74 Å². The number of thiol groups is 1. The summed E-state index contributed by atoms with van der Waals surface area (Å²) in [5.74, 6) is 0.540. The molecule has 0 saturated heterocycles. The minimum atomic E-state index is -0.487. The molecule has 2 N–H and O–H groups in total. The first kappa shape index (κ1) is 13.9. The van der Waals surface area contributed by atoms with Crippen LogP contribution in [0.25, 0.3) is 0 Å². The van der Waals surface area contributed by atoms with Crippen molar-refractivity contribution in [1.29, 1.82) is 0 Å². The zero-order valence-electron chi connectivity index (χ0n) is 10.4. The van der Waals surface area contributed by atoms with Crippen molar-refractivity contribution in [3.05, 3.63) is 18.2 Å². The van der Waals surface area contributed by atoms with Crippen LogP contribution in [-0.2, 0) is 11.2 Å². The van der Waals surface area contributed by atoms with E-state index in [1.165, 1.54) is 0 Å². The molecule has 0 aliphatic rings. The Labute approximate surface area is 107 Å². The third kappa shape index (κ3) is 5.63. The quantitative estimate of drug-likeness (QED) is 0.720. The first-order valence-corrected chi connectivity index (χ1v) is 6.11. The number of H-pyrrole nitrogens is 1. The maximum absolute atomic E-state index is 11.6. The summed E-state index contributed by atoms with van der Waals surface area (Å²) in [5, 5.41) is 2.78. The van der Waals surface area contributed by atoms with Gasteiger partial charge in [0.25, 0.3) is 0 Å². The summed E-state index contributed by atoms with van der Waals surface area (Å²) in [4.78, 5) is 18.5. The largest absolute Gasteiger partial charge is 0.444 e.